The number of aliphatic hydroxyl groups is 1. The Morgan fingerprint density at radius 2 is 1.62 bits per heavy atom. The van der Waals surface area contributed by atoms with Crippen molar-refractivity contribution in [3.8, 4) is 0 Å². The molecule has 0 rings (SSSR count). The first kappa shape index (κ1) is 8.83. The molecule has 0 aliphatic carbocycles. The fraction of sp³-hybridized carbons (Fsp3) is 1.00. The summed E-state index contributed by atoms with van der Waals surface area (Å²) in [6, 6.07) is 0. The minimum absolute atomic E-state index is 0.414. The molecule has 0 aliphatic rings. The lowest BCUT2D eigenvalue weighted by Crippen LogP contribution is -1.98. The van der Waals surface area contributed by atoms with Gasteiger partial charge in [0.2, 0.25) is 0 Å². The van der Waals surface area contributed by atoms with Gasteiger partial charge in [-0.2, -0.15) is 0 Å². The van der Waals surface area contributed by atoms with Crippen molar-refractivity contribution in [1.29, 1.82) is 0 Å². The van der Waals surface area contributed by atoms with Gasteiger partial charge < -0.3 is 5.11 Å². The minimum Gasteiger partial charge on any atom is -0.378 e. The Balaban J connectivity index is 2.93. The van der Waals surface area contributed by atoms with Gasteiger partial charge in [-0.1, -0.05) is 11.6 Å². The summed E-state index contributed by atoms with van der Waals surface area (Å²) >= 11 is 15.8. The van der Waals surface area contributed by atoms with Crippen molar-refractivity contribution in [2.24, 2.45) is 0 Å². The molecule has 0 aromatic heterocycles. The number of rotatable bonds is 3. The monoisotopic (exact) mass is 176 g/mol. The van der Waals surface area contributed by atoms with Crippen LogP contribution in [0.5, 0.6) is 0 Å². The van der Waals surface area contributed by atoms with Gasteiger partial charge in [-0.25, -0.2) is 0 Å². The standard InChI is InChI=1S/C4H7Cl3O/c5-3(6)1-2-4(7)8/h3-4,8H,1-2H2. The van der Waals surface area contributed by atoms with Crippen LogP contribution < -0.4 is 0 Å². The molecule has 1 atom stereocenters. The zero-order chi connectivity index (χ0) is 6.57. The van der Waals surface area contributed by atoms with Gasteiger partial charge in [-0.3, -0.25) is 0 Å². The van der Waals surface area contributed by atoms with Gasteiger partial charge in [-0.05, 0) is 12.8 Å². The Labute approximate surface area is 63.5 Å². The first-order valence-electron chi connectivity index (χ1n) is 2.23. The van der Waals surface area contributed by atoms with Crippen molar-refractivity contribution < 1.29 is 5.11 Å². The van der Waals surface area contributed by atoms with E-state index in [1.54, 1.807) is 0 Å². The third-order valence-corrected chi connectivity index (χ3v) is 1.28. The van der Waals surface area contributed by atoms with Crippen LogP contribution in [-0.4, -0.2) is 15.5 Å². The summed E-state index contributed by atoms with van der Waals surface area (Å²) in [5.74, 6) is 0. The molecule has 4 heteroatoms. The van der Waals surface area contributed by atoms with E-state index < -0.39 is 10.4 Å². The maximum Gasteiger partial charge on any atom is 0.128 e. The van der Waals surface area contributed by atoms with E-state index in [4.69, 9.17) is 39.9 Å². The van der Waals surface area contributed by atoms with E-state index in [-0.39, 0.29) is 0 Å². The zero-order valence-corrected chi connectivity index (χ0v) is 6.42. The van der Waals surface area contributed by atoms with E-state index in [0.717, 1.165) is 0 Å². The van der Waals surface area contributed by atoms with Gasteiger partial charge in [0, 0.05) is 0 Å². The molecule has 0 heterocycles. The second kappa shape index (κ2) is 4.68. The van der Waals surface area contributed by atoms with Crippen molar-refractivity contribution in [2.45, 2.75) is 23.2 Å². The van der Waals surface area contributed by atoms with Crippen molar-refractivity contribution in [2.75, 3.05) is 0 Å². The number of halogens is 3. The van der Waals surface area contributed by atoms with Crippen LogP contribution in [0.2, 0.25) is 0 Å². The van der Waals surface area contributed by atoms with Gasteiger partial charge in [0.1, 0.15) is 10.4 Å². The molecule has 0 saturated heterocycles. The molecule has 0 aromatic rings. The quantitative estimate of drug-likeness (QED) is 0.655. The Morgan fingerprint density at radius 3 is 1.75 bits per heavy atom. The van der Waals surface area contributed by atoms with Gasteiger partial charge in [0.25, 0.3) is 0 Å². The average molecular weight is 177 g/mol. The van der Waals surface area contributed by atoms with Crippen LogP contribution in [0.4, 0.5) is 0 Å². The third kappa shape index (κ3) is 6.83. The number of alkyl halides is 3. The Kier molecular flexibility index (Phi) is 5.17. The van der Waals surface area contributed by atoms with E-state index in [0.29, 0.717) is 12.8 Å². The average Bonchev–Trinajstić information content (AvgIpc) is 1.61. The largest absolute Gasteiger partial charge is 0.378 e. The lowest BCUT2D eigenvalue weighted by Gasteiger charge is -2.00. The topological polar surface area (TPSA) is 20.2 Å². The summed E-state index contributed by atoms with van der Waals surface area (Å²) in [4.78, 5) is -0.414. The molecule has 0 fully saturated rings. The highest BCUT2D eigenvalue weighted by Crippen LogP contribution is 2.12. The maximum absolute atomic E-state index is 8.45. The summed E-state index contributed by atoms with van der Waals surface area (Å²) in [5.41, 5.74) is -0.810. The van der Waals surface area contributed by atoms with Crippen molar-refractivity contribution in [3.63, 3.8) is 0 Å². The summed E-state index contributed by atoms with van der Waals surface area (Å²) in [7, 11) is 0. The van der Waals surface area contributed by atoms with Gasteiger partial charge in [0.15, 0.2) is 0 Å². The van der Waals surface area contributed by atoms with Crippen LogP contribution in [0.1, 0.15) is 12.8 Å². The Bertz CT molecular complexity index is 47.2. The highest BCUT2D eigenvalue weighted by atomic mass is 35.5. The van der Waals surface area contributed by atoms with E-state index >= 15 is 0 Å². The van der Waals surface area contributed by atoms with Crippen LogP contribution in [0.25, 0.3) is 0 Å². The van der Waals surface area contributed by atoms with Crippen molar-refractivity contribution in [3.05, 3.63) is 0 Å². The molecular formula is C4H7Cl3O. The third-order valence-electron chi connectivity index (χ3n) is 0.623. The van der Waals surface area contributed by atoms with Gasteiger partial charge >= 0.3 is 0 Å². The lowest BCUT2D eigenvalue weighted by molar-refractivity contribution is 0.244. The molecule has 0 bridgehead atoms. The smallest absolute Gasteiger partial charge is 0.128 e. The highest BCUT2D eigenvalue weighted by molar-refractivity contribution is 6.44. The predicted octanol–water partition coefficient (Wildman–Crippen LogP) is 2.13. The molecule has 1 N–H and O–H groups in total. The Hall–Kier alpha value is 0.830. The van der Waals surface area contributed by atoms with Gasteiger partial charge in [-0.15, -0.1) is 23.2 Å². The first-order chi connectivity index (χ1) is 3.63. The minimum atomic E-state index is -0.810. The molecule has 0 aliphatic heterocycles. The van der Waals surface area contributed by atoms with Crippen LogP contribution in [-0.2, 0) is 0 Å². The lowest BCUT2D eigenvalue weighted by atomic mass is 10.3. The molecule has 50 valence electrons. The fourth-order valence-electron chi connectivity index (χ4n) is 0.264. The zero-order valence-electron chi connectivity index (χ0n) is 4.15. The fourth-order valence-corrected chi connectivity index (χ4v) is 0.641. The summed E-state index contributed by atoms with van der Waals surface area (Å²) < 4.78 is 0. The molecule has 0 amide bonds. The second-order valence-corrected chi connectivity index (χ2v) is 3.18. The molecular weight excluding hydrogens is 170 g/mol. The number of aliphatic hydroxyl groups excluding tert-OH is 1. The molecule has 1 unspecified atom stereocenters. The van der Waals surface area contributed by atoms with Crippen LogP contribution in [0, 0.1) is 0 Å². The Morgan fingerprint density at radius 1 is 1.12 bits per heavy atom. The van der Waals surface area contributed by atoms with Crippen LogP contribution in [0.15, 0.2) is 0 Å². The van der Waals surface area contributed by atoms with Crippen LogP contribution in [0.3, 0.4) is 0 Å². The molecule has 0 aromatic carbocycles. The molecule has 1 nitrogen and oxygen atoms in total. The van der Waals surface area contributed by atoms with E-state index in [1.165, 1.54) is 0 Å². The first-order valence-corrected chi connectivity index (χ1v) is 3.54. The summed E-state index contributed by atoms with van der Waals surface area (Å²) in [5, 5.41) is 8.45. The summed E-state index contributed by atoms with van der Waals surface area (Å²) in [6.07, 6.45) is 0.979. The normalized spacial score (nSPS) is 14.6. The maximum atomic E-state index is 8.45. The number of hydrogen-bond acceptors (Lipinski definition) is 1. The molecule has 8 heavy (non-hydrogen) atoms. The van der Waals surface area contributed by atoms with Gasteiger partial charge in [0.05, 0.1) is 0 Å². The molecule has 0 spiro atoms. The number of hydrogen-bond donors (Lipinski definition) is 1. The van der Waals surface area contributed by atoms with Crippen molar-refractivity contribution >= 4 is 34.8 Å². The predicted molar refractivity (Wildman–Crippen MR) is 36.6 cm³/mol. The molecule has 0 saturated carbocycles. The van der Waals surface area contributed by atoms with Crippen LogP contribution >= 0.6 is 34.8 Å². The molecule has 0 radical (unpaired) electrons. The summed E-state index contributed by atoms with van der Waals surface area (Å²) in [6.45, 7) is 0. The van der Waals surface area contributed by atoms with E-state index in [2.05, 4.69) is 0 Å². The van der Waals surface area contributed by atoms with E-state index in [9.17, 15) is 0 Å². The van der Waals surface area contributed by atoms with Crippen molar-refractivity contribution in [1.82, 2.24) is 0 Å². The highest BCUT2D eigenvalue weighted by Gasteiger charge is 2.02. The van der Waals surface area contributed by atoms with E-state index in [1.807, 2.05) is 0 Å². The SMILES string of the molecule is OC(Cl)CCC(Cl)Cl. The second-order valence-electron chi connectivity index (χ2n) is 1.40.